The first kappa shape index (κ1) is 22.8. The summed E-state index contributed by atoms with van der Waals surface area (Å²) in [5.41, 5.74) is 4.49. The summed E-state index contributed by atoms with van der Waals surface area (Å²) in [6, 6.07) is 17.4. The molecule has 2 aromatic heterocycles. The van der Waals surface area contributed by atoms with Crippen molar-refractivity contribution in [2.24, 2.45) is 0 Å². The summed E-state index contributed by atoms with van der Waals surface area (Å²) in [7, 11) is 0. The van der Waals surface area contributed by atoms with Crippen LogP contribution >= 0.6 is 0 Å². The molecule has 4 aromatic rings. The standard InChI is InChI=1S/C26H29N7O2/c1-18-15-20-17-22(5-6-23(20)29-18)30-24-7-8-28-26(32-24)31-21-4-2-3-19(16-21)25(34)27-9-10-33-11-13-35-14-12-33/h2-8,15-17,29H,9-14H2,1H3,(H,27,34)(H2,28,30,31,32). The van der Waals surface area contributed by atoms with Crippen molar-refractivity contribution in [1.29, 1.82) is 0 Å². The molecule has 180 valence electrons. The number of morpholine rings is 1. The van der Waals surface area contributed by atoms with Crippen molar-refractivity contribution >= 4 is 40.0 Å². The number of aromatic nitrogens is 3. The van der Waals surface area contributed by atoms with Gasteiger partial charge in [0.15, 0.2) is 0 Å². The molecule has 4 N–H and O–H groups in total. The van der Waals surface area contributed by atoms with Crippen molar-refractivity contribution in [2.75, 3.05) is 50.0 Å². The van der Waals surface area contributed by atoms with Crippen LogP contribution in [0.15, 0.2) is 60.8 Å². The Morgan fingerprint density at radius 1 is 1.06 bits per heavy atom. The highest BCUT2D eigenvalue weighted by Crippen LogP contribution is 2.23. The zero-order valence-corrected chi connectivity index (χ0v) is 19.7. The Morgan fingerprint density at radius 3 is 2.80 bits per heavy atom. The van der Waals surface area contributed by atoms with Crippen LogP contribution in [0.4, 0.5) is 23.1 Å². The summed E-state index contributed by atoms with van der Waals surface area (Å²) in [6.45, 7) is 6.77. The molecule has 3 heterocycles. The number of ether oxygens (including phenoxy) is 1. The average Bonchev–Trinajstić information content (AvgIpc) is 3.24. The number of fused-ring (bicyclic) bond motifs is 1. The number of carbonyl (C=O) groups is 1. The van der Waals surface area contributed by atoms with E-state index in [2.05, 4.69) is 47.9 Å². The Balaban J connectivity index is 1.20. The maximum absolute atomic E-state index is 12.6. The molecule has 1 saturated heterocycles. The predicted molar refractivity (Wildman–Crippen MR) is 138 cm³/mol. The second-order valence-electron chi connectivity index (χ2n) is 8.56. The minimum Gasteiger partial charge on any atom is -0.379 e. The average molecular weight is 472 g/mol. The van der Waals surface area contributed by atoms with E-state index in [1.807, 2.05) is 37.3 Å². The SMILES string of the molecule is Cc1cc2cc(Nc3ccnc(Nc4cccc(C(=O)NCCN5CCOCC5)c4)n3)ccc2[nH]1. The van der Waals surface area contributed by atoms with Crippen LogP contribution in [0.5, 0.6) is 0 Å². The van der Waals surface area contributed by atoms with Gasteiger partial charge in [0.25, 0.3) is 5.91 Å². The van der Waals surface area contributed by atoms with Crippen LogP contribution in [0.3, 0.4) is 0 Å². The molecule has 0 unspecified atom stereocenters. The number of carbonyl (C=O) groups excluding carboxylic acids is 1. The molecule has 9 nitrogen and oxygen atoms in total. The van der Waals surface area contributed by atoms with Gasteiger partial charge in [0, 0.05) is 65.9 Å². The van der Waals surface area contributed by atoms with Crippen molar-refractivity contribution in [3.05, 3.63) is 72.1 Å². The van der Waals surface area contributed by atoms with Crippen LogP contribution in [0.25, 0.3) is 10.9 Å². The number of nitrogens with one attached hydrogen (secondary N) is 4. The normalized spacial score (nSPS) is 14.1. The number of anilines is 4. The molecule has 0 atom stereocenters. The van der Waals surface area contributed by atoms with Crippen molar-refractivity contribution in [3.63, 3.8) is 0 Å². The first-order valence-electron chi connectivity index (χ1n) is 11.8. The summed E-state index contributed by atoms with van der Waals surface area (Å²) in [6.07, 6.45) is 1.69. The van der Waals surface area contributed by atoms with Crippen LogP contribution < -0.4 is 16.0 Å². The van der Waals surface area contributed by atoms with E-state index in [-0.39, 0.29) is 5.91 Å². The zero-order valence-electron chi connectivity index (χ0n) is 19.7. The van der Waals surface area contributed by atoms with Crippen LogP contribution in [0.1, 0.15) is 16.1 Å². The molecule has 0 bridgehead atoms. The highest BCUT2D eigenvalue weighted by molar-refractivity contribution is 5.95. The molecular formula is C26H29N7O2. The zero-order chi connectivity index (χ0) is 24.0. The molecule has 1 aliphatic heterocycles. The Morgan fingerprint density at radius 2 is 1.91 bits per heavy atom. The van der Waals surface area contributed by atoms with E-state index in [4.69, 9.17) is 4.74 Å². The highest BCUT2D eigenvalue weighted by atomic mass is 16.5. The van der Waals surface area contributed by atoms with Gasteiger partial charge in [-0.25, -0.2) is 4.98 Å². The summed E-state index contributed by atoms with van der Waals surface area (Å²) in [5, 5.41) is 10.7. The summed E-state index contributed by atoms with van der Waals surface area (Å²) < 4.78 is 5.36. The number of amides is 1. The molecule has 35 heavy (non-hydrogen) atoms. The second-order valence-corrected chi connectivity index (χ2v) is 8.56. The number of benzene rings is 2. The topological polar surface area (TPSA) is 107 Å². The van der Waals surface area contributed by atoms with Crippen LogP contribution in [-0.2, 0) is 4.74 Å². The first-order chi connectivity index (χ1) is 17.1. The molecule has 0 radical (unpaired) electrons. The number of hydrogen-bond acceptors (Lipinski definition) is 7. The number of nitrogens with zero attached hydrogens (tertiary/aromatic N) is 3. The van der Waals surface area contributed by atoms with E-state index < -0.39 is 0 Å². The molecular weight excluding hydrogens is 442 g/mol. The third kappa shape index (κ3) is 5.95. The van der Waals surface area contributed by atoms with Gasteiger partial charge in [-0.3, -0.25) is 9.69 Å². The van der Waals surface area contributed by atoms with E-state index in [0.717, 1.165) is 60.8 Å². The van der Waals surface area contributed by atoms with Crippen LogP contribution in [0, 0.1) is 6.92 Å². The number of rotatable bonds is 8. The van der Waals surface area contributed by atoms with Gasteiger partial charge < -0.3 is 25.7 Å². The highest BCUT2D eigenvalue weighted by Gasteiger charge is 2.11. The Hall–Kier alpha value is -3.95. The summed E-state index contributed by atoms with van der Waals surface area (Å²) >= 11 is 0. The largest absolute Gasteiger partial charge is 0.379 e. The number of aromatic amines is 1. The minimum atomic E-state index is -0.103. The van der Waals surface area contributed by atoms with Crippen molar-refractivity contribution in [2.45, 2.75) is 6.92 Å². The smallest absolute Gasteiger partial charge is 0.251 e. The maximum Gasteiger partial charge on any atom is 0.251 e. The number of aryl methyl sites for hydroxylation is 1. The lowest BCUT2D eigenvalue weighted by atomic mass is 10.2. The van der Waals surface area contributed by atoms with Gasteiger partial charge in [-0.15, -0.1) is 0 Å². The van der Waals surface area contributed by atoms with Crippen molar-refractivity contribution in [3.8, 4) is 0 Å². The van der Waals surface area contributed by atoms with E-state index in [1.54, 1.807) is 18.3 Å². The van der Waals surface area contributed by atoms with E-state index in [0.29, 0.717) is 23.9 Å². The van der Waals surface area contributed by atoms with Crippen LogP contribution in [0.2, 0.25) is 0 Å². The lowest BCUT2D eigenvalue weighted by molar-refractivity contribution is 0.0383. The van der Waals surface area contributed by atoms with Gasteiger partial charge in [0.2, 0.25) is 5.95 Å². The number of hydrogen-bond donors (Lipinski definition) is 4. The lowest BCUT2D eigenvalue weighted by Crippen LogP contribution is -2.41. The minimum absolute atomic E-state index is 0.103. The molecule has 5 rings (SSSR count). The fourth-order valence-electron chi connectivity index (χ4n) is 4.11. The summed E-state index contributed by atoms with van der Waals surface area (Å²) in [4.78, 5) is 27.1. The van der Waals surface area contributed by atoms with E-state index >= 15 is 0 Å². The number of H-pyrrole nitrogens is 1. The second kappa shape index (κ2) is 10.5. The third-order valence-electron chi connectivity index (χ3n) is 5.88. The molecule has 0 aliphatic carbocycles. The Labute approximate surface area is 203 Å². The maximum atomic E-state index is 12.6. The van der Waals surface area contributed by atoms with Gasteiger partial charge in [0.05, 0.1) is 13.2 Å². The van der Waals surface area contributed by atoms with E-state index in [1.165, 1.54) is 0 Å². The summed E-state index contributed by atoms with van der Waals surface area (Å²) in [5.74, 6) is 1.01. The lowest BCUT2D eigenvalue weighted by Gasteiger charge is -2.26. The van der Waals surface area contributed by atoms with Gasteiger partial charge in [-0.05, 0) is 55.5 Å². The Bertz CT molecular complexity index is 1310. The monoisotopic (exact) mass is 471 g/mol. The fourth-order valence-corrected chi connectivity index (χ4v) is 4.11. The molecule has 1 aliphatic rings. The third-order valence-corrected chi connectivity index (χ3v) is 5.88. The molecule has 2 aromatic carbocycles. The predicted octanol–water partition coefficient (Wildman–Crippen LogP) is 3.82. The van der Waals surface area contributed by atoms with Gasteiger partial charge in [0.1, 0.15) is 5.82 Å². The van der Waals surface area contributed by atoms with Gasteiger partial charge >= 0.3 is 0 Å². The van der Waals surface area contributed by atoms with Crippen molar-refractivity contribution < 1.29 is 9.53 Å². The molecule has 1 amide bonds. The molecule has 1 fully saturated rings. The van der Waals surface area contributed by atoms with E-state index in [9.17, 15) is 4.79 Å². The Kier molecular flexibility index (Phi) is 6.87. The van der Waals surface area contributed by atoms with Crippen molar-refractivity contribution in [1.82, 2.24) is 25.2 Å². The molecule has 0 spiro atoms. The van der Waals surface area contributed by atoms with Gasteiger partial charge in [-0.2, -0.15) is 4.98 Å². The van der Waals surface area contributed by atoms with Gasteiger partial charge in [-0.1, -0.05) is 6.07 Å². The van der Waals surface area contributed by atoms with Crippen LogP contribution in [-0.4, -0.2) is 65.2 Å². The first-order valence-corrected chi connectivity index (χ1v) is 11.8. The quantitative estimate of drug-likeness (QED) is 0.310. The molecule has 0 saturated carbocycles. The fraction of sp³-hybridized carbons (Fsp3) is 0.269. The molecule has 9 heteroatoms.